The molecule has 0 saturated heterocycles. The Bertz CT molecular complexity index is 672. The van der Waals surface area contributed by atoms with E-state index in [-0.39, 0.29) is 24.9 Å². The van der Waals surface area contributed by atoms with E-state index in [1.54, 1.807) is 24.3 Å². The van der Waals surface area contributed by atoms with Crippen molar-refractivity contribution in [3.8, 4) is 5.75 Å². The third-order valence-corrected chi connectivity index (χ3v) is 4.82. The molecule has 1 unspecified atom stereocenters. The molecule has 0 spiro atoms. The second-order valence-electron chi connectivity index (χ2n) is 7.00. The number of rotatable bonds is 10. The number of alkyl carbamates (subject to hydrolysis) is 1. The quantitative estimate of drug-likeness (QED) is 0.255. The smallest absolute Gasteiger partial charge is 0.410 e. The standard InChI is InChI=1S/C21H28ClNO6/c1-2-6-19(28-20(25)15-7-3-4-8-15)29-21(26)23-14-5-9-18(24)27-17-12-10-16(22)11-13-17/h10-13,15,19H,2-9,14H2,1H3,(H,23,26). The molecule has 2 rings (SSSR count). The molecule has 0 bridgehead atoms. The summed E-state index contributed by atoms with van der Waals surface area (Å²) in [6, 6.07) is 6.48. The summed E-state index contributed by atoms with van der Waals surface area (Å²) in [4.78, 5) is 35.9. The molecule has 7 nitrogen and oxygen atoms in total. The van der Waals surface area contributed by atoms with Crippen molar-refractivity contribution in [3.05, 3.63) is 29.3 Å². The van der Waals surface area contributed by atoms with Crippen LogP contribution in [0.3, 0.4) is 0 Å². The topological polar surface area (TPSA) is 90.9 Å². The zero-order chi connectivity index (χ0) is 21.1. The van der Waals surface area contributed by atoms with Crippen molar-refractivity contribution in [1.82, 2.24) is 5.32 Å². The number of carbonyl (C=O) groups excluding carboxylic acids is 3. The first kappa shape index (κ1) is 23.0. The number of hydrogen-bond acceptors (Lipinski definition) is 6. The Hall–Kier alpha value is -2.28. The van der Waals surface area contributed by atoms with Gasteiger partial charge in [-0.2, -0.15) is 0 Å². The van der Waals surface area contributed by atoms with Crippen LogP contribution < -0.4 is 10.1 Å². The predicted molar refractivity (Wildman–Crippen MR) is 108 cm³/mol. The zero-order valence-corrected chi connectivity index (χ0v) is 17.4. The Morgan fingerprint density at radius 2 is 1.83 bits per heavy atom. The van der Waals surface area contributed by atoms with Gasteiger partial charge >= 0.3 is 18.0 Å². The molecule has 0 aromatic heterocycles. The fourth-order valence-corrected chi connectivity index (χ4v) is 3.16. The van der Waals surface area contributed by atoms with E-state index in [2.05, 4.69) is 5.32 Å². The molecule has 1 atom stereocenters. The molecule has 8 heteroatoms. The fraction of sp³-hybridized carbons (Fsp3) is 0.571. The van der Waals surface area contributed by atoms with Gasteiger partial charge in [0.25, 0.3) is 0 Å². The molecule has 0 radical (unpaired) electrons. The van der Waals surface area contributed by atoms with Crippen LogP contribution in [0.5, 0.6) is 5.75 Å². The van der Waals surface area contributed by atoms with E-state index >= 15 is 0 Å². The maximum absolute atomic E-state index is 12.1. The van der Waals surface area contributed by atoms with Gasteiger partial charge in [0.1, 0.15) is 5.75 Å². The van der Waals surface area contributed by atoms with Gasteiger partial charge in [0, 0.05) is 24.4 Å². The minimum atomic E-state index is -0.886. The molecule has 0 aliphatic heterocycles. The van der Waals surface area contributed by atoms with Crippen LogP contribution >= 0.6 is 11.6 Å². The van der Waals surface area contributed by atoms with Crippen LogP contribution in [0.2, 0.25) is 5.02 Å². The average molecular weight is 426 g/mol. The summed E-state index contributed by atoms with van der Waals surface area (Å²) in [5, 5.41) is 3.12. The minimum Gasteiger partial charge on any atom is -0.427 e. The van der Waals surface area contributed by atoms with E-state index in [1.807, 2.05) is 6.92 Å². The molecule has 0 heterocycles. The average Bonchev–Trinajstić information content (AvgIpc) is 3.22. The number of halogens is 1. The summed E-state index contributed by atoms with van der Waals surface area (Å²) in [6.45, 7) is 2.16. The SMILES string of the molecule is CCCC(OC(=O)NCCCC(=O)Oc1ccc(Cl)cc1)OC(=O)C1CCCC1. The molecule has 1 saturated carbocycles. The largest absolute Gasteiger partial charge is 0.427 e. The number of hydrogen-bond donors (Lipinski definition) is 1. The van der Waals surface area contributed by atoms with Crippen LogP contribution in [0, 0.1) is 5.92 Å². The monoisotopic (exact) mass is 425 g/mol. The van der Waals surface area contributed by atoms with Crippen molar-refractivity contribution < 1.29 is 28.6 Å². The van der Waals surface area contributed by atoms with Gasteiger partial charge in [-0.1, -0.05) is 31.4 Å². The Kier molecular flexibility index (Phi) is 9.77. The highest BCUT2D eigenvalue weighted by atomic mass is 35.5. The highest BCUT2D eigenvalue weighted by Gasteiger charge is 2.27. The molecule has 160 valence electrons. The normalized spacial score (nSPS) is 14.8. The van der Waals surface area contributed by atoms with Crippen LogP contribution in [0.15, 0.2) is 24.3 Å². The van der Waals surface area contributed by atoms with Gasteiger partial charge in [-0.05, 0) is 49.9 Å². The molecule has 1 aliphatic carbocycles. The molecule has 1 aromatic carbocycles. The van der Waals surface area contributed by atoms with Crippen LogP contribution in [0.4, 0.5) is 4.79 Å². The molecule has 29 heavy (non-hydrogen) atoms. The van der Waals surface area contributed by atoms with E-state index in [0.717, 1.165) is 25.7 Å². The van der Waals surface area contributed by atoms with E-state index in [0.29, 0.717) is 30.0 Å². The van der Waals surface area contributed by atoms with Crippen molar-refractivity contribution in [2.24, 2.45) is 5.92 Å². The number of esters is 2. The highest BCUT2D eigenvalue weighted by Crippen LogP contribution is 2.26. The Morgan fingerprint density at radius 3 is 2.48 bits per heavy atom. The summed E-state index contributed by atoms with van der Waals surface area (Å²) < 4.78 is 15.7. The lowest BCUT2D eigenvalue weighted by Gasteiger charge is -2.19. The minimum absolute atomic E-state index is 0.0901. The highest BCUT2D eigenvalue weighted by molar-refractivity contribution is 6.30. The lowest BCUT2D eigenvalue weighted by Crippen LogP contribution is -2.33. The van der Waals surface area contributed by atoms with Gasteiger partial charge in [0.05, 0.1) is 5.92 Å². The Morgan fingerprint density at radius 1 is 1.14 bits per heavy atom. The molecule has 1 fully saturated rings. The van der Waals surface area contributed by atoms with Crippen LogP contribution in [-0.2, 0) is 19.1 Å². The number of amides is 1. The van der Waals surface area contributed by atoms with Gasteiger partial charge in [-0.15, -0.1) is 0 Å². The first-order valence-corrected chi connectivity index (χ1v) is 10.5. The van der Waals surface area contributed by atoms with Gasteiger partial charge in [0.2, 0.25) is 6.29 Å². The zero-order valence-electron chi connectivity index (χ0n) is 16.7. The van der Waals surface area contributed by atoms with E-state index < -0.39 is 18.4 Å². The summed E-state index contributed by atoms with van der Waals surface area (Å²) in [6.07, 6.45) is 3.84. The second-order valence-corrected chi connectivity index (χ2v) is 7.44. The maximum Gasteiger partial charge on any atom is 0.410 e. The maximum atomic E-state index is 12.1. The second kappa shape index (κ2) is 12.3. The van der Waals surface area contributed by atoms with Crippen LogP contribution in [0.25, 0.3) is 0 Å². The van der Waals surface area contributed by atoms with E-state index in [4.69, 9.17) is 25.8 Å². The first-order valence-electron chi connectivity index (χ1n) is 10.1. The molecule has 1 aliphatic rings. The molecule has 1 aromatic rings. The predicted octanol–water partition coefficient (Wildman–Crippen LogP) is 4.61. The summed E-state index contributed by atoms with van der Waals surface area (Å²) in [5.41, 5.74) is 0. The number of ether oxygens (including phenoxy) is 3. The van der Waals surface area contributed by atoms with Crippen molar-refractivity contribution in [1.29, 1.82) is 0 Å². The lowest BCUT2D eigenvalue weighted by atomic mass is 10.1. The van der Waals surface area contributed by atoms with Crippen molar-refractivity contribution >= 4 is 29.6 Å². The molecular weight excluding hydrogens is 398 g/mol. The third-order valence-electron chi connectivity index (χ3n) is 4.57. The van der Waals surface area contributed by atoms with Gasteiger partial charge in [0.15, 0.2) is 0 Å². The first-order chi connectivity index (χ1) is 14.0. The van der Waals surface area contributed by atoms with Gasteiger partial charge < -0.3 is 19.5 Å². The van der Waals surface area contributed by atoms with Crippen LogP contribution in [0.1, 0.15) is 58.3 Å². The van der Waals surface area contributed by atoms with Crippen molar-refractivity contribution in [2.45, 2.75) is 64.6 Å². The number of benzene rings is 1. The Balaban J connectivity index is 1.64. The van der Waals surface area contributed by atoms with Gasteiger partial charge in [-0.25, -0.2) is 4.79 Å². The third kappa shape index (κ3) is 8.73. The molecule has 1 N–H and O–H groups in total. The lowest BCUT2D eigenvalue weighted by molar-refractivity contribution is -0.173. The van der Waals surface area contributed by atoms with Crippen molar-refractivity contribution in [3.63, 3.8) is 0 Å². The Labute approximate surface area is 176 Å². The van der Waals surface area contributed by atoms with Crippen molar-refractivity contribution in [2.75, 3.05) is 6.54 Å². The van der Waals surface area contributed by atoms with Crippen LogP contribution in [-0.4, -0.2) is 30.9 Å². The van der Waals surface area contributed by atoms with E-state index in [1.165, 1.54) is 0 Å². The summed E-state index contributed by atoms with van der Waals surface area (Å²) >= 11 is 5.78. The molecule has 1 amide bonds. The number of nitrogens with one attached hydrogen (secondary N) is 1. The fourth-order valence-electron chi connectivity index (χ4n) is 3.03. The summed E-state index contributed by atoms with van der Waals surface area (Å²) in [7, 11) is 0. The molecular formula is C21H28ClNO6. The number of carbonyl (C=O) groups is 3. The van der Waals surface area contributed by atoms with Gasteiger partial charge in [-0.3, -0.25) is 9.59 Å². The summed E-state index contributed by atoms with van der Waals surface area (Å²) in [5.74, 6) is -0.374. The van der Waals surface area contributed by atoms with E-state index in [9.17, 15) is 14.4 Å².